The van der Waals surface area contributed by atoms with E-state index in [1.165, 1.54) is 13.8 Å². The van der Waals surface area contributed by atoms with E-state index < -0.39 is 40.9 Å². The number of carbonyl (C=O) groups excluding carboxylic acids is 3. The summed E-state index contributed by atoms with van der Waals surface area (Å²) in [6, 6.07) is 0.766. The highest BCUT2D eigenvalue weighted by molar-refractivity contribution is 5.82. The van der Waals surface area contributed by atoms with Crippen LogP contribution in [0.5, 0.6) is 0 Å². The zero-order chi connectivity index (χ0) is 20.8. The molecule has 0 aliphatic rings. The Morgan fingerprint density at radius 2 is 1.42 bits per heavy atom. The minimum Gasteiger partial charge on any atom is -0.458 e. The summed E-state index contributed by atoms with van der Waals surface area (Å²) < 4.78 is 15.4. The predicted octanol–water partition coefficient (Wildman–Crippen LogP) is 2.85. The molecule has 1 amide bonds. The molecule has 0 bridgehead atoms. The first-order chi connectivity index (χ1) is 11.5. The smallest absolute Gasteiger partial charge is 0.408 e. The molecular formula is C18H30N2O6. The van der Waals surface area contributed by atoms with Crippen molar-refractivity contribution in [1.29, 1.82) is 5.26 Å². The summed E-state index contributed by atoms with van der Waals surface area (Å²) in [5.41, 5.74) is -2.76. The van der Waals surface area contributed by atoms with E-state index in [1.54, 1.807) is 41.5 Å². The second kappa shape index (κ2) is 8.88. The summed E-state index contributed by atoms with van der Waals surface area (Å²) in [5.74, 6) is -1.34. The highest BCUT2D eigenvalue weighted by atomic mass is 16.6. The van der Waals surface area contributed by atoms with Crippen molar-refractivity contribution in [2.24, 2.45) is 0 Å². The summed E-state index contributed by atoms with van der Waals surface area (Å²) in [5, 5.41) is 11.3. The van der Waals surface area contributed by atoms with Crippen LogP contribution >= 0.6 is 0 Å². The topological polar surface area (TPSA) is 115 Å². The largest absolute Gasteiger partial charge is 0.458 e. The van der Waals surface area contributed by atoms with Crippen molar-refractivity contribution in [2.45, 2.75) is 91.1 Å². The number of hydrogen-bond acceptors (Lipinski definition) is 7. The molecule has 0 heterocycles. The van der Waals surface area contributed by atoms with Crippen LogP contribution in [-0.2, 0) is 23.8 Å². The molecule has 1 N–H and O–H groups in total. The van der Waals surface area contributed by atoms with Crippen LogP contribution < -0.4 is 5.32 Å². The van der Waals surface area contributed by atoms with Crippen LogP contribution in [-0.4, -0.2) is 40.9 Å². The van der Waals surface area contributed by atoms with Gasteiger partial charge in [0.2, 0.25) is 0 Å². The van der Waals surface area contributed by atoms with E-state index in [2.05, 4.69) is 5.32 Å². The zero-order valence-electron chi connectivity index (χ0n) is 16.9. The van der Waals surface area contributed by atoms with Gasteiger partial charge in [-0.3, -0.25) is 4.79 Å². The van der Waals surface area contributed by atoms with Crippen LogP contribution in [0.25, 0.3) is 0 Å². The molecular weight excluding hydrogens is 340 g/mol. The molecule has 0 saturated carbocycles. The molecule has 0 aromatic rings. The van der Waals surface area contributed by atoms with Crippen LogP contribution in [0, 0.1) is 11.3 Å². The molecule has 0 aromatic heterocycles. The Morgan fingerprint density at radius 1 is 0.923 bits per heavy atom. The molecule has 8 heteroatoms. The van der Waals surface area contributed by atoms with E-state index in [-0.39, 0.29) is 12.8 Å². The molecule has 0 aromatic carbocycles. The minimum absolute atomic E-state index is 0.0471. The average molecular weight is 370 g/mol. The van der Waals surface area contributed by atoms with E-state index in [4.69, 9.17) is 19.5 Å². The van der Waals surface area contributed by atoms with Gasteiger partial charge in [0.15, 0.2) is 5.60 Å². The van der Waals surface area contributed by atoms with Gasteiger partial charge in [0, 0.05) is 6.42 Å². The number of nitrogens with zero attached hydrogens (tertiary/aromatic N) is 1. The third-order valence-electron chi connectivity index (χ3n) is 2.66. The fourth-order valence-electron chi connectivity index (χ4n) is 1.69. The number of rotatable bonds is 6. The minimum atomic E-state index is -1.27. The number of nitriles is 1. The van der Waals surface area contributed by atoms with Gasteiger partial charge in [-0.2, -0.15) is 5.26 Å². The Kier molecular flexibility index (Phi) is 8.09. The van der Waals surface area contributed by atoms with Gasteiger partial charge in [0.05, 0.1) is 0 Å². The second-order valence-electron chi connectivity index (χ2n) is 8.37. The Morgan fingerprint density at radius 3 is 1.85 bits per heavy atom. The van der Waals surface area contributed by atoms with E-state index in [0.717, 1.165) is 0 Å². The van der Waals surface area contributed by atoms with Crippen LogP contribution in [0.4, 0.5) is 4.79 Å². The first-order valence-corrected chi connectivity index (χ1v) is 8.40. The molecule has 0 radical (unpaired) electrons. The maximum Gasteiger partial charge on any atom is 0.408 e. The molecule has 148 valence electrons. The van der Waals surface area contributed by atoms with Gasteiger partial charge in [0.25, 0.3) is 0 Å². The highest BCUT2D eigenvalue weighted by Crippen LogP contribution is 2.14. The normalized spacial score (nSPS) is 13.2. The van der Waals surface area contributed by atoms with Gasteiger partial charge < -0.3 is 19.5 Å². The SMILES string of the molecule is CC(C)(C)OC(=O)N[C@@H](CCC(=O)OC(C)(C)C#N)C(=O)OC(C)(C)C. The van der Waals surface area contributed by atoms with Crippen molar-refractivity contribution in [2.75, 3.05) is 0 Å². The number of nitrogens with one attached hydrogen (secondary N) is 1. The summed E-state index contributed by atoms with van der Waals surface area (Å²) >= 11 is 0. The lowest BCUT2D eigenvalue weighted by Crippen LogP contribution is -2.46. The van der Waals surface area contributed by atoms with Gasteiger partial charge >= 0.3 is 18.0 Å². The maximum absolute atomic E-state index is 12.3. The molecule has 0 rings (SSSR count). The second-order valence-corrected chi connectivity index (χ2v) is 8.37. The first kappa shape index (κ1) is 23.7. The molecule has 8 nitrogen and oxygen atoms in total. The number of carbonyl (C=O) groups is 3. The molecule has 0 aliphatic carbocycles. The highest BCUT2D eigenvalue weighted by Gasteiger charge is 2.30. The third-order valence-corrected chi connectivity index (χ3v) is 2.66. The van der Waals surface area contributed by atoms with E-state index >= 15 is 0 Å². The monoisotopic (exact) mass is 370 g/mol. The molecule has 0 saturated heterocycles. The molecule has 0 fully saturated rings. The standard InChI is InChI=1S/C18H30N2O6/c1-16(2,3)25-14(22)12(20-15(23)26-17(4,5)6)9-10-13(21)24-18(7,8)11-19/h12H,9-10H2,1-8H3,(H,20,23)/t12-/m0/s1. The third kappa shape index (κ3) is 11.3. The lowest BCUT2D eigenvalue weighted by atomic mass is 10.1. The van der Waals surface area contributed by atoms with Crippen molar-refractivity contribution < 1.29 is 28.6 Å². The van der Waals surface area contributed by atoms with Gasteiger partial charge in [-0.1, -0.05) is 0 Å². The Hall–Kier alpha value is -2.30. The summed E-state index contributed by atoms with van der Waals surface area (Å²) in [6.45, 7) is 13.1. The quantitative estimate of drug-likeness (QED) is 0.564. The predicted molar refractivity (Wildman–Crippen MR) is 94.0 cm³/mol. The van der Waals surface area contributed by atoms with Crippen LogP contribution in [0.2, 0.25) is 0 Å². The van der Waals surface area contributed by atoms with E-state index in [9.17, 15) is 14.4 Å². The summed E-state index contributed by atoms with van der Waals surface area (Å²) in [7, 11) is 0. The Labute approximate surface area is 155 Å². The van der Waals surface area contributed by atoms with E-state index in [0.29, 0.717) is 0 Å². The van der Waals surface area contributed by atoms with Crippen molar-refractivity contribution in [3.8, 4) is 6.07 Å². The lowest BCUT2D eigenvalue weighted by molar-refractivity contribution is -0.158. The number of amides is 1. The van der Waals surface area contributed by atoms with Gasteiger partial charge in [0.1, 0.15) is 23.3 Å². The van der Waals surface area contributed by atoms with Crippen LogP contribution in [0.3, 0.4) is 0 Å². The number of ether oxygens (including phenoxy) is 3. The van der Waals surface area contributed by atoms with Crippen LogP contribution in [0.1, 0.15) is 68.2 Å². The average Bonchev–Trinajstić information content (AvgIpc) is 2.38. The van der Waals surface area contributed by atoms with Gasteiger partial charge in [-0.25, -0.2) is 9.59 Å². The summed E-state index contributed by atoms with van der Waals surface area (Å²) in [4.78, 5) is 36.2. The summed E-state index contributed by atoms with van der Waals surface area (Å²) in [6.07, 6.45) is -1.02. The van der Waals surface area contributed by atoms with Crippen molar-refractivity contribution >= 4 is 18.0 Å². The fourth-order valence-corrected chi connectivity index (χ4v) is 1.69. The van der Waals surface area contributed by atoms with Crippen molar-refractivity contribution in [3.63, 3.8) is 0 Å². The van der Waals surface area contributed by atoms with E-state index in [1.807, 2.05) is 6.07 Å². The van der Waals surface area contributed by atoms with Crippen LogP contribution in [0.15, 0.2) is 0 Å². The maximum atomic E-state index is 12.3. The number of alkyl carbamates (subject to hydrolysis) is 1. The lowest BCUT2D eigenvalue weighted by Gasteiger charge is -2.26. The fraction of sp³-hybridized carbons (Fsp3) is 0.778. The molecule has 0 unspecified atom stereocenters. The number of esters is 2. The Bertz CT molecular complexity index is 564. The zero-order valence-corrected chi connectivity index (χ0v) is 16.9. The van der Waals surface area contributed by atoms with Crippen molar-refractivity contribution in [3.05, 3.63) is 0 Å². The number of hydrogen-bond donors (Lipinski definition) is 1. The van der Waals surface area contributed by atoms with Gasteiger partial charge in [-0.05, 0) is 61.8 Å². The molecule has 0 aliphatic heterocycles. The molecule has 1 atom stereocenters. The first-order valence-electron chi connectivity index (χ1n) is 8.40. The molecule has 0 spiro atoms. The Balaban J connectivity index is 4.99. The molecule has 26 heavy (non-hydrogen) atoms. The van der Waals surface area contributed by atoms with Gasteiger partial charge in [-0.15, -0.1) is 0 Å². The van der Waals surface area contributed by atoms with Crippen molar-refractivity contribution in [1.82, 2.24) is 5.32 Å².